The van der Waals surface area contributed by atoms with Gasteiger partial charge in [-0.2, -0.15) is 0 Å². The molecule has 0 fully saturated rings. The largest absolute Gasteiger partial charge is 0.495 e. The number of carbonyl (C=O) groups is 1. The first-order valence-electron chi connectivity index (χ1n) is 6.47. The highest BCUT2D eigenvalue weighted by atomic mass is 35.5. The molecule has 0 heterocycles. The molecular weight excluding hydrogens is 282 g/mol. The third-order valence-electron chi connectivity index (χ3n) is 2.51. The summed E-state index contributed by atoms with van der Waals surface area (Å²) in [6.07, 6.45) is -0.440. The van der Waals surface area contributed by atoms with E-state index in [4.69, 9.17) is 25.8 Å². The lowest BCUT2D eigenvalue weighted by Gasteiger charge is -2.17. The summed E-state index contributed by atoms with van der Waals surface area (Å²) in [6.45, 7) is 4.67. The molecule has 0 radical (unpaired) electrons. The number of carbonyl (C=O) groups excluding carboxylic acids is 1. The van der Waals surface area contributed by atoms with Crippen LogP contribution in [0.4, 0.5) is 5.69 Å². The minimum Gasteiger partial charge on any atom is -0.495 e. The third-order valence-corrected chi connectivity index (χ3v) is 2.90. The molecule has 0 atom stereocenters. The molecule has 0 bridgehead atoms. The molecule has 112 valence electrons. The molecule has 1 aromatic carbocycles. The molecule has 6 heteroatoms. The SMILES string of the molecule is CCOC(CC(=O)Nc1cccc(OC)c1Cl)OCC. The van der Waals surface area contributed by atoms with Crippen LogP contribution in [0.2, 0.25) is 5.02 Å². The van der Waals surface area contributed by atoms with Crippen molar-refractivity contribution in [3.63, 3.8) is 0 Å². The van der Waals surface area contributed by atoms with Crippen molar-refractivity contribution in [3.05, 3.63) is 23.2 Å². The Morgan fingerprint density at radius 1 is 1.30 bits per heavy atom. The molecule has 1 amide bonds. The number of methoxy groups -OCH3 is 1. The van der Waals surface area contributed by atoms with Crippen molar-refractivity contribution in [1.82, 2.24) is 0 Å². The third kappa shape index (κ3) is 5.00. The van der Waals surface area contributed by atoms with Crippen molar-refractivity contribution >= 4 is 23.2 Å². The molecule has 0 saturated carbocycles. The van der Waals surface area contributed by atoms with Crippen molar-refractivity contribution < 1.29 is 19.0 Å². The monoisotopic (exact) mass is 301 g/mol. The van der Waals surface area contributed by atoms with Crippen LogP contribution < -0.4 is 10.1 Å². The highest BCUT2D eigenvalue weighted by Gasteiger charge is 2.16. The maximum atomic E-state index is 12.0. The van der Waals surface area contributed by atoms with E-state index in [1.807, 2.05) is 13.8 Å². The van der Waals surface area contributed by atoms with Crippen LogP contribution in [0.1, 0.15) is 20.3 Å². The predicted octanol–water partition coefficient (Wildman–Crippen LogP) is 3.08. The molecule has 0 aliphatic carbocycles. The number of amides is 1. The molecular formula is C14H20ClNO4. The minimum absolute atomic E-state index is 0.106. The van der Waals surface area contributed by atoms with E-state index >= 15 is 0 Å². The number of anilines is 1. The summed E-state index contributed by atoms with van der Waals surface area (Å²) in [6, 6.07) is 5.18. The number of nitrogens with one attached hydrogen (secondary N) is 1. The Kier molecular flexibility index (Phi) is 7.36. The number of hydrogen-bond donors (Lipinski definition) is 1. The molecule has 0 aromatic heterocycles. The Morgan fingerprint density at radius 3 is 2.50 bits per heavy atom. The lowest BCUT2D eigenvalue weighted by Crippen LogP contribution is -2.25. The maximum Gasteiger partial charge on any atom is 0.229 e. The smallest absolute Gasteiger partial charge is 0.229 e. The fourth-order valence-electron chi connectivity index (χ4n) is 1.66. The Labute approximate surface area is 124 Å². The van der Waals surface area contributed by atoms with Gasteiger partial charge >= 0.3 is 0 Å². The van der Waals surface area contributed by atoms with Crippen molar-refractivity contribution in [2.45, 2.75) is 26.6 Å². The Hall–Kier alpha value is -1.30. The first-order chi connectivity index (χ1) is 9.62. The molecule has 20 heavy (non-hydrogen) atoms. The summed E-state index contributed by atoms with van der Waals surface area (Å²) in [5.74, 6) is 0.280. The number of rotatable bonds is 8. The van der Waals surface area contributed by atoms with Gasteiger partial charge in [0.25, 0.3) is 0 Å². The molecule has 5 nitrogen and oxygen atoms in total. The van der Waals surface area contributed by atoms with Crippen LogP contribution in [-0.4, -0.2) is 32.5 Å². The van der Waals surface area contributed by atoms with Gasteiger partial charge < -0.3 is 19.5 Å². The first kappa shape index (κ1) is 16.8. The molecule has 1 rings (SSSR count). The van der Waals surface area contributed by atoms with E-state index in [2.05, 4.69) is 5.32 Å². The molecule has 0 spiro atoms. The zero-order valence-electron chi connectivity index (χ0n) is 11.9. The van der Waals surface area contributed by atoms with Crippen molar-refractivity contribution in [2.24, 2.45) is 0 Å². The van der Waals surface area contributed by atoms with Crippen LogP contribution in [0, 0.1) is 0 Å². The van der Waals surface area contributed by atoms with Gasteiger partial charge in [-0.1, -0.05) is 17.7 Å². The van der Waals surface area contributed by atoms with Crippen LogP contribution in [-0.2, 0) is 14.3 Å². The second-order valence-corrected chi connectivity index (χ2v) is 4.29. The van der Waals surface area contributed by atoms with Gasteiger partial charge in [-0.05, 0) is 26.0 Å². The Bertz CT molecular complexity index is 433. The Balaban J connectivity index is 2.65. The topological polar surface area (TPSA) is 56.8 Å². The van der Waals surface area contributed by atoms with Crippen molar-refractivity contribution in [2.75, 3.05) is 25.6 Å². The van der Waals surface area contributed by atoms with Gasteiger partial charge in [0.15, 0.2) is 6.29 Å². The second-order valence-electron chi connectivity index (χ2n) is 3.91. The van der Waals surface area contributed by atoms with Crippen LogP contribution in [0.5, 0.6) is 5.75 Å². The fraction of sp³-hybridized carbons (Fsp3) is 0.500. The van der Waals surface area contributed by atoms with E-state index in [0.29, 0.717) is 29.7 Å². The van der Waals surface area contributed by atoms with Crippen molar-refractivity contribution in [1.29, 1.82) is 0 Å². The summed E-state index contributed by atoms with van der Waals surface area (Å²) >= 11 is 6.11. The van der Waals surface area contributed by atoms with Gasteiger partial charge in [0, 0.05) is 13.2 Å². The number of hydrogen-bond acceptors (Lipinski definition) is 4. The summed E-state index contributed by atoms with van der Waals surface area (Å²) in [4.78, 5) is 12.0. The highest BCUT2D eigenvalue weighted by molar-refractivity contribution is 6.35. The average Bonchev–Trinajstić information content (AvgIpc) is 2.41. The molecule has 1 N–H and O–H groups in total. The number of ether oxygens (including phenoxy) is 3. The molecule has 0 saturated heterocycles. The van der Waals surface area contributed by atoms with Gasteiger partial charge in [0.1, 0.15) is 10.8 Å². The predicted molar refractivity (Wildman–Crippen MR) is 78.3 cm³/mol. The van der Waals surface area contributed by atoms with Gasteiger partial charge in [-0.25, -0.2) is 0 Å². The van der Waals surface area contributed by atoms with E-state index in [-0.39, 0.29) is 12.3 Å². The quantitative estimate of drug-likeness (QED) is 0.750. The van der Waals surface area contributed by atoms with Crippen LogP contribution in [0.3, 0.4) is 0 Å². The van der Waals surface area contributed by atoms with Gasteiger partial charge in [0.05, 0.1) is 19.2 Å². The summed E-state index contributed by atoms with van der Waals surface area (Å²) < 4.78 is 15.7. The summed E-state index contributed by atoms with van der Waals surface area (Å²) in [5, 5.41) is 3.09. The van der Waals surface area contributed by atoms with Gasteiger partial charge in [-0.3, -0.25) is 4.79 Å². The lowest BCUT2D eigenvalue weighted by atomic mass is 10.3. The zero-order valence-corrected chi connectivity index (χ0v) is 12.7. The van der Waals surface area contributed by atoms with E-state index in [9.17, 15) is 4.79 Å². The van der Waals surface area contributed by atoms with Crippen molar-refractivity contribution in [3.8, 4) is 5.75 Å². The minimum atomic E-state index is -0.547. The summed E-state index contributed by atoms with van der Waals surface area (Å²) in [5.41, 5.74) is 0.503. The summed E-state index contributed by atoms with van der Waals surface area (Å²) in [7, 11) is 1.52. The first-order valence-corrected chi connectivity index (χ1v) is 6.85. The Morgan fingerprint density at radius 2 is 1.95 bits per heavy atom. The lowest BCUT2D eigenvalue weighted by molar-refractivity contribution is -0.150. The molecule has 0 aliphatic heterocycles. The second kappa shape index (κ2) is 8.79. The average molecular weight is 302 g/mol. The van der Waals surface area contributed by atoms with Gasteiger partial charge in [0.2, 0.25) is 5.91 Å². The maximum absolute atomic E-state index is 12.0. The van der Waals surface area contributed by atoms with E-state index in [0.717, 1.165) is 0 Å². The van der Waals surface area contributed by atoms with Crippen LogP contribution >= 0.6 is 11.6 Å². The zero-order chi connectivity index (χ0) is 15.0. The van der Waals surface area contributed by atoms with E-state index in [1.165, 1.54) is 7.11 Å². The van der Waals surface area contributed by atoms with Crippen LogP contribution in [0.15, 0.2) is 18.2 Å². The highest BCUT2D eigenvalue weighted by Crippen LogP contribution is 2.31. The van der Waals surface area contributed by atoms with Gasteiger partial charge in [-0.15, -0.1) is 0 Å². The molecule has 1 aromatic rings. The van der Waals surface area contributed by atoms with E-state index < -0.39 is 6.29 Å². The normalized spacial score (nSPS) is 10.7. The fourth-order valence-corrected chi connectivity index (χ4v) is 1.91. The standard InChI is InChI=1S/C14H20ClNO4/c1-4-19-13(20-5-2)9-12(17)16-10-7-6-8-11(18-3)14(10)15/h6-8,13H,4-5,9H2,1-3H3,(H,16,17). The number of halogens is 1. The van der Waals surface area contributed by atoms with E-state index in [1.54, 1.807) is 18.2 Å². The molecule has 0 aliphatic rings. The molecule has 0 unspecified atom stereocenters. The number of benzene rings is 1. The van der Waals surface area contributed by atoms with Crippen LogP contribution in [0.25, 0.3) is 0 Å².